The standard InChI is InChI=1S/C12H15N3O3/c1-18-12(17)10-11-8(16)4-3-7-15(11)9(14-10)5-2-6-13/h3-4,7,16H,2,5-6,13H2,1H3. The number of nitrogens with two attached hydrogens (primary N) is 1. The molecule has 2 aromatic heterocycles. The second kappa shape index (κ2) is 5.05. The van der Waals surface area contributed by atoms with Gasteiger partial charge in [0, 0.05) is 12.6 Å². The maximum Gasteiger partial charge on any atom is 0.359 e. The van der Waals surface area contributed by atoms with Gasteiger partial charge in [-0.3, -0.25) is 4.40 Å². The highest BCUT2D eigenvalue weighted by molar-refractivity contribution is 5.96. The lowest BCUT2D eigenvalue weighted by Gasteiger charge is -2.01. The Hall–Kier alpha value is -2.08. The Labute approximate surface area is 104 Å². The van der Waals surface area contributed by atoms with Gasteiger partial charge in [0.15, 0.2) is 5.69 Å². The number of aryl methyl sites for hydroxylation is 1. The molecule has 0 amide bonds. The SMILES string of the molecule is COC(=O)c1nc(CCCN)n2cccc(O)c12. The molecule has 2 aromatic rings. The van der Waals surface area contributed by atoms with E-state index >= 15 is 0 Å². The van der Waals surface area contributed by atoms with Crippen LogP contribution in [0.25, 0.3) is 5.52 Å². The quantitative estimate of drug-likeness (QED) is 0.779. The molecule has 0 aromatic carbocycles. The van der Waals surface area contributed by atoms with Crippen molar-refractivity contribution < 1.29 is 14.6 Å². The molecule has 0 saturated carbocycles. The Morgan fingerprint density at radius 3 is 3.06 bits per heavy atom. The maximum atomic E-state index is 11.6. The number of ether oxygens (including phenoxy) is 1. The van der Waals surface area contributed by atoms with Crippen LogP contribution in [0.5, 0.6) is 5.75 Å². The third-order valence-corrected chi connectivity index (χ3v) is 2.70. The first kappa shape index (κ1) is 12.4. The summed E-state index contributed by atoms with van der Waals surface area (Å²) in [7, 11) is 1.28. The van der Waals surface area contributed by atoms with Gasteiger partial charge >= 0.3 is 5.97 Å². The van der Waals surface area contributed by atoms with Gasteiger partial charge in [0.2, 0.25) is 0 Å². The van der Waals surface area contributed by atoms with Crippen molar-refractivity contribution >= 4 is 11.5 Å². The normalized spacial score (nSPS) is 10.8. The van der Waals surface area contributed by atoms with Gasteiger partial charge in [-0.1, -0.05) is 0 Å². The molecule has 0 aliphatic rings. The molecular weight excluding hydrogens is 234 g/mol. The van der Waals surface area contributed by atoms with Crippen LogP contribution >= 0.6 is 0 Å². The number of aromatic nitrogens is 2. The molecule has 0 aliphatic carbocycles. The van der Waals surface area contributed by atoms with Crippen molar-refractivity contribution in [1.29, 1.82) is 0 Å². The summed E-state index contributed by atoms with van der Waals surface area (Å²) >= 11 is 0. The third kappa shape index (κ3) is 2.02. The van der Waals surface area contributed by atoms with Gasteiger partial charge < -0.3 is 15.6 Å². The molecule has 18 heavy (non-hydrogen) atoms. The average molecular weight is 249 g/mol. The molecule has 2 heterocycles. The van der Waals surface area contributed by atoms with E-state index in [4.69, 9.17) is 5.73 Å². The summed E-state index contributed by atoms with van der Waals surface area (Å²) in [6, 6.07) is 3.20. The number of nitrogens with zero attached hydrogens (tertiary/aromatic N) is 2. The van der Waals surface area contributed by atoms with Crippen LogP contribution in [0.3, 0.4) is 0 Å². The number of carbonyl (C=O) groups excluding carboxylic acids is 1. The summed E-state index contributed by atoms with van der Waals surface area (Å²) in [5.41, 5.74) is 5.96. The lowest BCUT2D eigenvalue weighted by molar-refractivity contribution is 0.0596. The largest absolute Gasteiger partial charge is 0.506 e. The summed E-state index contributed by atoms with van der Waals surface area (Å²) in [6.07, 6.45) is 3.15. The topological polar surface area (TPSA) is 89.8 Å². The summed E-state index contributed by atoms with van der Waals surface area (Å²) in [4.78, 5) is 15.9. The molecule has 0 unspecified atom stereocenters. The van der Waals surface area contributed by atoms with Gasteiger partial charge in [0.25, 0.3) is 0 Å². The van der Waals surface area contributed by atoms with Crippen LogP contribution in [0, 0.1) is 0 Å². The lowest BCUT2D eigenvalue weighted by Crippen LogP contribution is -2.04. The fraction of sp³-hybridized carbons (Fsp3) is 0.333. The van der Waals surface area contributed by atoms with Crippen LogP contribution in [0.2, 0.25) is 0 Å². The Bertz CT molecular complexity index is 577. The number of rotatable bonds is 4. The second-order valence-corrected chi connectivity index (χ2v) is 3.87. The fourth-order valence-corrected chi connectivity index (χ4v) is 1.86. The highest BCUT2D eigenvalue weighted by atomic mass is 16.5. The number of methoxy groups -OCH3 is 1. The van der Waals surface area contributed by atoms with Crippen molar-refractivity contribution in [3.8, 4) is 5.75 Å². The summed E-state index contributed by atoms with van der Waals surface area (Å²) in [5, 5.41) is 9.84. The molecule has 0 saturated heterocycles. The monoisotopic (exact) mass is 249 g/mol. The zero-order valence-corrected chi connectivity index (χ0v) is 10.1. The molecular formula is C12H15N3O3. The van der Waals surface area contributed by atoms with Crippen molar-refractivity contribution in [2.75, 3.05) is 13.7 Å². The van der Waals surface area contributed by atoms with E-state index in [0.717, 1.165) is 6.42 Å². The molecule has 0 fully saturated rings. The molecule has 0 spiro atoms. The minimum atomic E-state index is -0.562. The van der Waals surface area contributed by atoms with Crippen molar-refractivity contribution in [2.45, 2.75) is 12.8 Å². The van der Waals surface area contributed by atoms with Gasteiger partial charge in [-0.25, -0.2) is 9.78 Å². The predicted molar refractivity (Wildman–Crippen MR) is 65.6 cm³/mol. The van der Waals surface area contributed by atoms with Crippen LogP contribution in [-0.2, 0) is 11.2 Å². The Morgan fingerprint density at radius 1 is 1.61 bits per heavy atom. The highest BCUT2D eigenvalue weighted by Crippen LogP contribution is 2.24. The van der Waals surface area contributed by atoms with Crippen LogP contribution < -0.4 is 5.73 Å². The lowest BCUT2D eigenvalue weighted by atomic mass is 10.3. The minimum Gasteiger partial charge on any atom is -0.506 e. The van der Waals surface area contributed by atoms with E-state index in [9.17, 15) is 9.90 Å². The molecule has 0 bridgehead atoms. The van der Waals surface area contributed by atoms with Crippen LogP contribution in [0.15, 0.2) is 18.3 Å². The van der Waals surface area contributed by atoms with Gasteiger partial charge in [-0.15, -0.1) is 0 Å². The Balaban J connectivity index is 2.60. The Kier molecular flexibility index (Phi) is 3.47. The number of aromatic hydroxyl groups is 1. The van der Waals surface area contributed by atoms with E-state index in [1.165, 1.54) is 13.2 Å². The molecule has 6 nitrogen and oxygen atoms in total. The van der Waals surface area contributed by atoms with Gasteiger partial charge in [-0.05, 0) is 25.1 Å². The highest BCUT2D eigenvalue weighted by Gasteiger charge is 2.20. The van der Waals surface area contributed by atoms with E-state index in [1.54, 1.807) is 16.7 Å². The third-order valence-electron chi connectivity index (χ3n) is 2.70. The van der Waals surface area contributed by atoms with Crippen LogP contribution in [0.4, 0.5) is 0 Å². The van der Waals surface area contributed by atoms with Crippen LogP contribution in [0.1, 0.15) is 22.7 Å². The number of pyridine rings is 1. The number of esters is 1. The van der Waals surface area contributed by atoms with Crippen molar-refractivity contribution in [3.63, 3.8) is 0 Å². The van der Waals surface area contributed by atoms with Gasteiger partial charge in [-0.2, -0.15) is 0 Å². The first-order valence-corrected chi connectivity index (χ1v) is 5.66. The van der Waals surface area contributed by atoms with Gasteiger partial charge in [0.05, 0.1) is 7.11 Å². The average Bonchev–Trinajstić information content (AvgIpc) is 2.76. The fourth-order valence-electron chi connectivity index (χ4n) is 1.86. The first-order chi connectivity index (χ1) is 8.69. The van der Waals surface area contributed by atoms with Crippen molar-refractivity contribution in [3.05, 3.63) is 29.8 Å². The molecule has 96 valence electrons. The predicted octanol–water partition coefficient (Wildman–Crippen LogP) is 0.718. The first-order valence-electron chi connectivity index (χ1n) is 5.66. The smallest absolute Gasteiger partial charge is 0.359 e. The number of hydrogen-bond donors (Lipinski definition) is 2. The number of hydrogen-bond acceptors (Lipinski definition) is 5. The van der Waals surface area contributed by atoms with E-state index in [-0.39, 0.29) is 11.4 Å². The maximum absolute atomic E-state index is 11.6. The summed E-state index contributed by atoms with van der Waals surface area (Å²) < 4.78 is 6.36. The van der Waals surface area contributed by atoms with Crippen molar-refractivity contribution in [2.24, 2.45) is 5.73 Å². The second-order valence-electron chi connectivity index (χ2n) is 3.87. The summed E-state index contributed by atoms with van der Waals surface area (Å²) in [5.74, 6) is 0.129. The Morgan fingerprint density at radius 2 is 2.39 bits per heavy atom. The zero-order valence-electron chi connectivity index (χ0n) is 10.1. The zero-order chi connectivity index (χ0) is 13.1. The molecule has 3 N–H and O–H groups in total. The molecule has 6 heteroatoms. The van der Waals surface area contributed by atoms with E-state index in [2.05, 4.69) is 9.72 Å². The van der Waals surface area contributed by atoms with Gasteiger partial charge in [0.1, 0.15) is 17.1 Å². The molecule has 0 radical (unpaired) electrons. The molecule has 2 rings (SSSR count). The van der Waals surface area contributed by atoms with Crippen LogP contribution in [-0.4, -0.2) is 34.1 Å². The van der Waals surface area contributed by atoms with E-state index < -0.39 is 5.97 Å². The summed E-state index contributed by atoms with van der Waals surface area (Å²) in [6.45, 7) is 0.543. The van der Waals surface area contributed by atoms with E-state index in [1.807, 2.05) is 0 Å². The number of carbonyl (C=O) groups is 1. The number of imidazole rings is 1. The molecule has 0 aliphatic heterocycles. The number of fused-ring (bicyclic) bond motifs is 1. The van der Waals surface area contributed by atoms with E-state index in [0.29, 0.717) is 24.3 Å². The molecule has 0 atom stereocenters. The van der Waals surface area contributed by atoms with Crippen molar-refractivity contribution in [1.82, 2.24) is 9.38 Å². The minimum absolute atomic E-state index is 0.00407.